The van der Waals surface area contributed by atoms with E-state index in [0.29, 0.717) is 35.2 Å². The second kappa shape index (κ2) is 9.56. The molecule has 8 rings (SSSR count). The molecule has 1 aliphatic carbocycles. The van der Waals surface area contributed by atoms with Crippen molar-refractivity contribution in [3.63, 3.8) is 0 Å². The highest BCUT2D eigenvalue weighted by molar-refractivity contribution is 9.10. The van der Waals surface area contributed by atoms with Crippen molar-refractivity contribution in [3.05, 3.63) is 75.5 Å². The van der Waals surface area contributed by atoms with Crippen LogP contribution in [0.15, 0.2) is 53.1 Å². The van der Waals surface area contributed by atoms with Crippen molar-refractivity contribution in [2.45, 2.75) is 57.8 Å². The van der Waals surface area contributed by atoms with Crippen LogP contribution in [0.4, 0.5) is 10.1 Å². The molecule has 2 saturated heterocycles. The van der Waals surface area contributed by atoms with Gasteiger partial charge in [-0.2, -0.15) is 0 Å². The van der Waals surface area contributed by atoms with Gasteiger partial charge in [0, 0.05) is 42.0 Å². The number of nitrogens with zero attached hydrogens (tertiary/aromatic N) is 4. The number of imidazole rings is 1. The number of halogens is 3. The molecule has 1 spiro atoms. The first-order valence-electron chi connectivity index (χ1n) is 14.9. The van der Waals surface area contributed by atoms with Gasteiger partial charge in [0.1, 0.15) is 17.0 Å². The molecular formula is C33H33BrClFN4O3. The lowest BCUT2D eigenvalue weighted by Crippen LogP contribution is -2.36. The van der Waals surface area contributed by atoms with Gasteiger partial charge in [0.15, 0.2) is 17.3 Å². The minimum Gasteiger partial charge on any atom is -0.443 e. The van der Waals surface area contributed by atoms with Crippen LogP contribution in [0.2, 0.25) is 5.02 Å². The summed E-state index contributed by atoms with van der Waals surface area (Å²) < 4.78 is 37.0. The van der Waals surface area contributed by atoms with Gasteiger partial charge in [0.05, 0.1) is 35.5 Å². The van der Waals surface area contributed by atoms with Crippen LogP contribution in [0.1, 0.15) is 63.5 Å². The molecule has 3 aliphatic heterocycles. The molecule has 5 heterocycles. The predicted molar refractivity (Wildman–Crippen MR) is 167 cm³/mol. The van der Waals surface area contributed by atoms with Crippen molar-refractivity contribution in [1.29, 1.82) is 0 Å². The number of aromatic nitrogens is 3. The van der Waals surface area contributed by atoms with Crippen LogP contribution >= 0.6 is 27.5 Å². The smallest absolute Gasteiger partial charge is 0.292 e. The van der Waals surface area contributed by atoms with Crippen molar-refractivity contribution in [2.24, 2.45) is 10.8 Å². The molecule has 4 aromatic rings. The fourth-order valence-corrected chi connectivity index (χ4v) is 7.99. The average Bonchev–Trinajstić information content (AvgIpc) is 3.21. The Morgan fingerprint density at radius 1 is 1.07 bits per heavy atom. The second-order valence-electron chi connectivity index (χ2n) is 13.3. The third-order valence-corrected chi connectivity index (χ3v) is 10.7. The summed E-state index contributed by atoms with van der Waals surface area (Å²) in [6.07, 6.45) is 4.72. The van der Waals surface area contributed by atoms with E-state index in [4.69, 9.17) is 30.8 Å². The van der Waals surface area contributed by atoms with E-state index in [1.807, 2.05) is 31.2 Å². The van der Waals surface area contributed by atoms with E-state index >= 15 is 4.39 Å². The fourth-order valence-electron chi connectivity index (χ4n) is 7.46. The summed E-state index contributed by atoms with van der Waals surface area (Å²) in [7, 11) is 0. The quantitative estimate of drug-likeness (QED) is 0.220. The molecule has 0 radical (unpaired) electrons. The first kappa shape index (κ1) is 27.7. The number of hydrogen-bond donors (Lipinski definition) is 0. The number of benzene rings is 2. The van der Waals surface area contributed by atoms with Gasteiger partial charge < -0.3 is 23.7 Å². The van der Waals surface area contributed by atoms with Crippen molar-refractivity contribution in [2.75, 3.05) is 31.2 Å². The lowest BCUT2D eigenvalue weighted by atomic mass is 9.87. The van der Waals surface area contributed by atoms with Crippen LogP contribution in [0.25, 0.3) is 11.0 Å². The number of anilines is 1. The van der Waals surface area contributed by atoms with E-state index in [9.17, 15) is 0 Å². The summed E-state index contributed by atoms with van der Waals surface area (Å²) in [4.78, 5) is 11.9. The Hall–Kier alpha value is -2.88. The van der Waals surface area contributed by atoms with Crippen molar-refractivity contribution >= 4 is 44.3 Å². The third kappa shape index (κ3) is 4.37. The summed E-state index contributed by atoms with van der Waals surface area (Å²) in [5.41, 5.74) is 3.09. The molecule has 10 heteroatoms. The molecule has 2 aromatic heterocycles. The first-order valence-corrected chi connectivity index (χ1v) is 16.1. The molecule has 3 atom stereocenters. The maximum absolute atomic E-state index is 15.2. The Balaban J connectivity index is 1.06. The molecule has 7 nitrogen and oxygen atoms in total. The van der Waals surface area contributed by atoms with Crippen LogP contribution in [-0.2, 0) is 10.5 Å². The number of fused-ring (bicyclic) bond motifs is 2. The third-order valence-electron chi connectivity index (χ3n) is 10.1. The van der Waals surface area contributed by atoms with Crippen molar-refractivity contribution < 1.29 is 18.6 Å². The van der Waals surface area contributed by atoms with Gasteiger partial charge in [-0.1, -0.05) is 47.4 Å². The molecule has 0 N–H and O–H groups in total. The van der Waals surface area contributed by atoms with Crippen LogP contribution in [0, 0.1) is 16.6 Å². The monoisotopic (exact) mass is 666 g/mol. The maximum atomic E-state index is 15.2. The van der Waals surface area contributed by atoms with Crippen LogP contribution in [-0.4, -0.2) is 40.8 Å². The summed E-state index contributed by atoms with van der Waals surface area (Å²) in [6.45, 7) is 9.42. The van der Waals surface area contributed by atoms with E-state index < -0.39 is 5.79 Å². The molecule has 43 heavy (non-hydrogen) atoms. The zero-order chi connectivity index (χ0) is 29.7. The zero-order valence-electron chi connectivity index (χ0n) is 24.4. The SMILES string of the molecule is CC1(c2ccc(Cl)cn2)Oc2cccc(N3CCC4(CC3)CC4c3nc4c(F)cc(Br)cc4n3[C@@H]3COCC3(C)C)c2O1. The molecule has 0 amide bonds. The van der Waals surface area contributed by atoms with E-state index in [-0.39, 0.29) is 28.6 Å². The highest BCUT2D eigenvalue weighted by Crippen LogP contribution is 2.66. The van der Waals surface area contributed by atoms with E-state index in [0.717, 1.165) is 59.6 Å². The van der Waals surface area contributed by atoms with Gasteiger partial charge in [-0.05, 0) is 61.1 Å². The lowest BCUT2D eigenvalue weighted by molar-refractivity contribution is -0.0716. The summed E-state index contributed by atoms with van der Waals surface area (Å²) >= 11 is 9.58. The number of hydrogen-bond acceptors (Lipinski definition) is 6. The second-order valence-corrected chi connectivity index (χ2v) is 14.7. The van der Waals surface area contributed by atoms with Gasteiger partial charge >= 0.3 is 0 Å². The fraction of sp³-hybridized carbons (Fsp3) is 0.455. The largest absolute Gasteiger partial charge is 0.443 e. The van der Waals surface area contributed by atoms with E-state index in [1.54, 1.807) is 12.3 Å². The molecular weight excluding hydrogens is 635 g/mol. The van der Waals surface area contributed by atoms with E-state index in [2.05, 4.69) is 50.3 Å². The lowest BCUT2D eigenvalue weighted by Gasteiger charge is -2.35. The minimum absolute atomic E-state index is 0.0711. The Morgan fingerprint density at radius 3 is 2.60 bits per heavy atom. The molecule has 1 saturated carbocycles. The van der Waals surface area contributed by atoms with Crippen molar-refractivity contribution in [1.82, 2.24) is 14.5 Å². The molecule has 2 unspecified atom stereocenters. The molecule has 3 fully saturated rings. The van der Waals surface area contributed by atoms with Crippen molar-refractivity contribution in [3.8, 4) is 11.5 Å². The standard InChI is InChI=1S/C33H33BrClFN4O3/c1-31(2)18-41-17-27(31)40-24-14-19(34)13-22(36)28(24)38-30(40)21-15-33(21)9-11-39(12-10-33)23-5-4-6-25-29(23)43-32(3,42-25)26-8-7-20(35)16-37-26/h4-8,13-14,16,21,27H,9-12,15,17-18H2,1-3H3/t21?,27-,32?/m1/s1. The summed E-state index contributed by atoms with van der Waals surface area (Å²) in [6, 6.07) is 13.3. The topological polar surface area (TPSA) is 61.6 Å². The van der Waals surface area contributed by atoms with Crippen LogP contribution in [0.3, 0.4) is 0 Å². The van der Waals surface area contributed by atoms with E-state index in [1.165, 1.54) is 6.07 Å². The predicted octanol–water partition coefficient (Wildman–Crippen LogP) is 8.00. The highest BCUT2D eigenvalue weighted by Gasteiger charge is 2.58. The number of pyridine rings is 1. The van der Waals surface area contributed by atoms with Gasteiger partial charge in [-0.25, -0.2) is 9.37 Å². The van der Waals surface area contributed by atoms with Gasteiger partial charge in [0.2, 0.25) is 0 Å². The molecule has 0 bridgehead atoms. The summed E-state index contributed by atoms with van der Waals surface area (Å²) in [5.74, 6) is 1.44. The van der Waals surface area contributed by atoms with Gasteiger partial charge in [0.25, 0.3) is 5.79 Å². The minimum atomic E-state index is -1.03. The van der Waals surface area contributed by atoms with Crippen LogP contribution < -0.4 is 14.4 Å². The summed E-state index contributed by atoms with van der Waals surface area (Å²) in [5, 5.41) is 0.568. The number of rotatable bonds is 4. The Kier molecular flexibility index (Phi) is 6.15. The van der Waals surface area contributed by atoms with Gasteiger partial charge in [-0.3, -0.25) is 4.98 Å². The Labute approximate surface area is 263 Å². The zero-order valence-corrected chi connectivity index (χ0v) is 26.7. The molecule has 2 aromatic carbocycles. The average molecular weight is 668 g/mol. The number of para-hydroxylation sites is 1. The molecule has 224 valence electrons. The van der Waals surface area contributed by atoms with Gasteiger partial charge in [-0.15, -0.1) is 0 Å². The molecule has 4 aliphatic rings. The number of ether oxygens (including phenoxy) is 3. The number of piperidine rings is 1. The Morgan fingerprint density at radius 2 is 1.88 bits per heavy atom. The highest BCUT2D eigenvalue weighted by atomic mass is 79.9. The van der Waals surface area contributed by atoms with Crippen LogP contribution in [0.5, 0.6) is 11.5 Å². The normalized spacial score (nSPS) is 26.9. The maximum Gasteiger partial charge on any atom is 0.292 e. The Bertz CT molecular complexity index is 1750. The first-order chi connectivity index (χ1) is 20.6.